The van der Waals surface area contributed by atoms with Gasteiger partial charge in [0.1, 0.15) is 0 Å². The van der Waals surface area contributed by atoms with Crippen LogP contribution in [0.3, 0.4) is 0 Å². The molecule has 1 rings (SSSR count). The van der Waals surface area contributed by atoms with E-state index in [2.05, 4.69) is 18.9 Å². The van der Waals surface area contributed by atoms with E-state index in [1.54, 1.807) is 0 Å². The molecule has 0 aliphatic carbocycles. The molecule has 2 N–H and O–H groups in total. The number of rotatable bonds is 6. The SMILES string of the molecule is CCCCCN(C)Cc1cc(Cl)c(N)c(Cl)c1. The van der Waals surface area contributed by atoms with Crippen LogP contribution in [-0.4, -0.2) is 18.5 Å². The van der Waals surface area contributed by atoms with Crippen LogP contribution in [0.25, 0.3) is 0 Å². The van der Waals surface area contributed by atoms with Crippen molar-refractivity contribution in [3.05, 3.63) is 27.7 Å². The highest BCUT2D eigenvalue weighted by Crippen LogP contribution is 2.29. The van der Waals surface area contributed by atoms with E-state index in [0.717, 1.165) is 18.7 Å². The van der Waals surface area contributed by atoms with Crippen LogP contribution in [0.4, 0.5) is 5.69 Å². The summed E-state index contributed by atoms with van der Waals surface area (Å²) in [4.78, 5) is 2.27. The molecule has 1 aromatic rings. The van der Waals surface area contributed by atoms with Crippen molar-refractivity contribution in [2.75, 3.05) is 19.3 Å². The van der Waals surface area contributed by atoms with E-state index in [0.29, 0.717) is 15.7 Å². The summed E-state index contributed by atoms with van der Waals surface area (Å²) >= 11 is 12.0. The zero-order chi connectivity index (χ0) is 12.8. The zero-order valence-corrected chi connectivity index (χ0v) is 12.0. The topological polar surface area (TPSA) is 29.3 Å². The second-order valence-corrected chi connectivity index (χ2v) is 5.23. The fraction of sp³-hybridized carbons (Fsp3) is 0.538. The molecule has 2 nitrogen and oxygen atoms in total. The van der Waals surface area contributed by atoms with Gasteiger partial charge in [0, 0.05) is 6.54 Å². The maximum absolute atomic E-state index is 6.00. The lowest BCUT2D eigenvalue weighted by Gasteiger charge is -2.17. The van der Waals surface area contributed by atoms with Crippen LogP contribution in [0.1, 0.15) is 31.7 Å². The molecule has 4 heteroatoms. The van der Waals surface area contributed by atoms with Gasteiger partial charge in [-0.1, -0.05) is 43.0 Å². The average molecular weight is 275 g/mol. The molecule has 0 spiro atoms. The minimum atomic E-state index is 0.464. The average Bonchev–Trinajstić information content (AvgIpc) is 2.26. The molecule has 0 fully saturated rings. The minimum Gasteiger partial charge on any atom is -0.396 e. The van der Waals surface area contributed by atoms with Crippen LogP contribution in [-0.2, 0) is 6.54 Å². The van der Waals surface area contributed by atoms with Gasteiger partial charge >= 0.3 is 0 Å². The first kappa shape index (κ1) is 14.6. The molecular weight excluding hydrogens is 255 g/mol. The van der Waals surface area contributed by atoms with Crippen molar-refractivity contribution < 1.29 is 0 Å². The number of anilines is 1. The third kappa shape index (κ3) is 4.74. The Bertz CT molecular complexity index is 343. The van der Waals surface area contributed by atoms with Gasteiger partial charge < -0.3 is 10.6 Å². The maximum atomic E-state index is 6.00. The fourth-order valence-corrected chi connectivity index (χ4v) is 2.28. The summed E-state index contributed by atoms with van der Waals surface area (Å²) in [6.45, 7) is 4.15. The van der Waals surface area contributed by atoms with Crippen LogP contribution in [0.2, 0.25) is 10.0 Å². The third-order valence-electron chi connectivity index (χ3n) is 2.73. The number of hydrogen-bond acceptors (Lipinski definition) is 2. The van der Waals surface area contributed by atoms with Crippen molar-refractivity contribution >= 4 is 28.9 Å². The Morgan fingerprint density at radius 3 is 2.29 bits per heavy atom. The quantitative estimate of drug-likeness (QED) is 0.622. The van der Waals surface area contributed by atoms with Gasteiger partial charge in [-0.05, 0) is 37.7 Å². The van der Waals surface area contributed by atoms with Gasteiger partial charge in [-0.25, -0.2) is 0 Å². The first-order chi connectivity index (χ1) is 8.04. The Balaban J connectivity index is 2.56. The van der Waals surface area contributed by atoms with E-state index in [1.165, 1.54) is 19.3 Å². The molecule has 0 aromatic heterocycles. The number of nitrogen functional groups attached to an aromatic ring is 1. The number of unbranched alkanes of at least 4 members (excludes halogenated alkanes) is 2. The van der Waals surface area contributed by atoms with Crippen molar-refractivity contribution in [3.63, 3.8) is 0 Å². The molecule has 0 atom stereocenters. The lowest BCUT2D eigenvalue weighted by molar-refractivity contribution is 0.318. The monoisotopic (exact) mass is 274 g/mol. The molecule has 1 aromatic carbocycles. The highest BCUT2D eigenvalue weighted by atomic mass is 35.5. The highest BCUT2D eigenvalue weighted by Gasteiger charge is 2.06. The Kier molecular flexibility index (Phi) is 6.10. The Morgan fingerprint density at radius 2 is 1.76 bits per heavy atom. The van der Waals surface area contributed by atoms with E-state index in [1.807, 2.05) is 12.1 Å². The van der Waals surface area contributed by atoms with Gasteiger partial charge in [0.25, 0.3) is 0 Å². The number of benzene rings is 1. The van der Waals surface area contributed by atoms with Crippen LogP contribution >= 0.6 is 23.2 Å². The first-order valence-electron chi connectivity index (χ1n) is 5.96. The zero-order valence-electron chi connectivity index (χ0n) is 10.5. The molecule has 0 radical (unpaired) electrons. The lowest BCUT2D eigenvalue weighted by Crippen LogP contribution is -2.19. The summed E-state index contributed by atoms with van der Waals surface area (Å²) in [7, 11) is 2.10. The van der Waals surface area contributed by atoms with Crippen molar-refractivity contribution in [1.82, 2.24) is 4.90 Å². The molecule has 0 aliphatic rings. The van der Waals surface area contributed by atoms with Crippen LogP contribution in [0.15, 0.2) is 12.1 Å². The smallest absolute Gasteiger partial charge is 0.0693 e. The molecular formula is C13H20Cl2N2. The standard InChI is InChI=1S/C13H20Cl2N2/c1-3-4-5-6-17(2)9-10-7-11(14)13(16)12(15)8-10/h7-8H,3-6,9,16H2,1-2H3. The largest absolute Gasteiger partial charge is 0.396 e. The molecule has 0 aliphatic heterocycles. The van der Waals surface area contributed by atoms with Gasteiger partial charge in [0.15, 0.2) is 0 Å². The number of hydrogen-bond donors (Lipinski definition) is 1. The van der Waals surface area contributed by atoms with E-state index >= 15 is 0 Å². The molecule has 17 heavy (non-hydrogen) atoms. The van der Waals surface area contributed by atoms with Gasteiger partial charge in [0.2, 0.25) is 0 Å². The van der Waals surface area contributed by atoms with Crippen molar-refractivity contribution in [2.45, 2.75) is 32.7 Å². The summed E-state index contributed by atoms with van der Waals surface area (Å²) in [5.41, 5.74) is 7.27. The molecule has 96 valence electrons. The molecule has 0 unspecified atom stereocenters. The second-order valence-electron chi connectivity index (χ2n) is 4.42. The summed E-state index contributed by atoms with van der Waals surface area (Å²) in [6, 6.07) is 3.78. The maximum Gasteiger partial charge on any atom is 0.0693 e. The Labute approximate surface area is 114 Å². The van der Waals surface area contributed by atoms with Gasteiger partial charge in [-0.2, -0.15) is 0 Å². The normalized spacial score (nSPS) is 11.1. The van der Waals surface area contributed by atoms with Gasteiger partial charge in [-0.3, -0.25) is 0 Å². The molecule has 0 heterocycles. The predicted molar refractivity (Wildman–Crippen MR) is 76.7 cm³/mol. The second kappa shape index (κ2) is 7.10. The fourth-order valence-electron chi connectivity index (χ4n) is 1.75. The number of halogens is 2. The van der Waals surface area contributed by atoms with Crippen LogP contribution in [0, 0.1) is 0 Å². The molecule has 0 bridgehead atoms. The van der Waals surface area contributed by atoms with E-state index < -0.39 is 0 Å². The van der Waals surface area contributed by atoms with E-state index in [-0.39, 0.29) is 0 Å². The van der Waals surface area contributed by atoms with Crippen molar-refractivity contribution in [1.29, 1.82) is 0 Å². The molecule has 0 saturated carbocycles. The lowest BCUT2D eigenvalue weighted by atomic mass is 10.2. The minimum absolute atomic E-state index is 0.464. The Morgan fingerprint density at radius 1 is 1.18 bits per heavy atom. The van der Waals surface area contributed by atoms with Gasteiger partial charge in [-0.15, -0.1) is 0 Å². The van der Waals surface area contributed by atoms with Crippen molar-refractivity contribution in [3.8, 4) is 0 Å². The predicted octanol–water partition coefficient (Wildman–Crippen LogP) is 4.20. The molecule has 0 amide bonds. The number of nitrogens with two attached hydrogens (primary N) is 1. The summed E-state index contributed by atoms with van der Waals surface area (Å²) in [5, 5.41) is 1.07. The van der Waals surface area contributed by atoms with Crippen LogP contribution < -0.4 is 5.73 Å². The first-order valence-corrected chi connectivity index (χ1v) is 6.72. The van der Waals surface area contributed by atoms with E-state index in [4.69, 9.17) is 28.9 Å². The highest BCUT2D eigenvalue weighted by molar-refractivity contribution is 6.38. The number of nitrogens with zero attached hydrogens (tertiary/aromatic N) is 1. The Hall–Kier alpha value is -0.440. The summed E-state index contributed by atoms with van der Waals surface area (Å²) in [5.74, 6) is 0. The summed E-state index contributed by atoms with van der Waals surface area (Å²) < 4.78 is 0. The third-order valence-corrected chi connectivity index (χ3v) is 3.36. The van der Waals surface area contributed by atoms with Crippen LogP contribution in [0.5, 0.6) is 0 Å². The van der Waals surface area contributed by atoms with E-state index in [9.17, 15) is 0 Å². The molecule has 0 saturated heterocycles. The van der Waals surface area contributed by atoms with Crippen molar-refractivity contribution in [2.24, 2.45) is 0 Å². The van der Waals surface area contributed by atoms with Gasteiger partial charge in [0.05, 0.1) is 15.7 Å². The summed E-state index contributed by atoms with van der Waals surface area (Å²) in [6.07, 6.45) is 3.74.